The van der Waals surface area contributed by atoms with Crippen molar-refractivity contribution in [2.24, 2.45) is 0 Å². The van der Waals surface area contributed by atoms with Gasteiger partial charge in [0.25, 0.3) is 0 Å². The molecule has 0 spiro atoms. The van der Waals surface area contributed by atoms with Crippen molar-refractivity contribution in [3.05, 3.63) is 0 Å². The Bertz CT molecular complexity index is 207. The lowest BCUT2D eigenvalue weighted by molar-refractivity contribution is 0.669. The first-order valence-corrected chi connectivity index (χ1v) is 17.0. The van der Waals surface area contributed by atoms with Crippen LogP contribution in [0.2, 0.25) is 39.3 Å². The molecule has 3 nitrogen and oxygen atoms in total. The van der Waals surface area contributed by atoms with E-state index in [2.05, 4.69) is 51.0 Å². The lowest BCUT2D eigenvalue weighted by Crippen LogP contribution is -2.88. The van der Waals surface area contributed by atoms with Crippen LogP contribution in [0.5, 0.6) is 0 Å². The molecule has 0 atom stereocenters. The van der Waals surface area contributed by atoms with Gasteiger partial charge in [0.2, 0.25) is 0 Å². The first kappa shape index (κ1) is 14.2. The van der Waals surface area contributed by atoms with Crippen LogP contribution in [-0.2, 0) is 0 Å². The van der Waals surface area contributed by atoms with Gasteiger partial charge in [0.1, 0.15) is 0 Å². The Labute approximate surface area is 107 Å². The zero-order valence-electron chi connectivity index (χ0n) is 11.8. The molecule has 0 aromatic heterocycles. The zero-order chi connectivity index (χ0) is 12.2. The average molecular weight is 310 g/mol. The molecule has 0 aromatic rings. The summed E-state index contributed by atoms with van der Waals surface area (Å²) >= 11 is 0. The molecule has 15 heavy (non-hydrogen) atoms. The normalized spacial score (nSPS) is 32.4. The lowest BCUT2D eigenvalue weighted by atomic mass is 11.9. The van der Waals surface area contributed by atoms with Crippen molar-refractivity contribution in [2.75, 3.05) is 0 Å². The molecule has 1 saturated heterocycles. The van der Waals surface area contributed by atoms with Gasteiger partial charge in [-0.15, -0.1) is 0 Å². The summed E-state index contributed by atoms with van der Waals surface area (Å²) in [6.45, 7) is 15.4. The van der Waals surface area contributed by atoms with Crippen molar-refractivity contribution in [3.8, 4) is 0 Å². The highest BCUT2D eigenvalue weighted by Gasteiger charge is 2.56. The molecule has 0 radical (unpaired) electrons. The summed E-state index contributed by atoms with van der Waals surface area (Å²) in [7, 11) is 0.142. The quantitative estimate of drug-likeness (QED) is 0.473. The summed E-state index contributed by atoms with van der Waals surface area (Å²) in [5, 5.41) is 0. The highest BCUT2D eigenvalue weighted by Crippen LogP contribution is 2.33. The fourth-order valence-electron chi connectivity index (χ4n) is 2.68. The number of hydrogen-bond donors (Lipinski definition) is 0. The molecule has 0 aromatic carbocycles. The molecule has 0 unspecified atom stereocenters. The Morgan fingerprint density at radius 3 is 0.800 bits per heavy atom. The molecule has 0 aliphatic carbocycles. The topological polar surface area (TPSA) is 9.72 Å². The molecule has 1 aliphatic rings. The van der Waals surface area contributed by atoms with Crippen LogP contribution in [0.25, 0.3) is 0 Å². The fraction of sp³-hybridized carbons (Fsp3) is 1.00. The number of hydrogen-bond acceptors (Lipinski definition) is 3. The Kier molecular flexibility index (Phi) is 3.65. The minimum absolute atomic E-state index is 1.22. The van der Waals surface area contributed by atoms with E-state index >= 15 is 0 Å². The van der Waals surface area contributed by atoms with Crippen molar-refractivity contribution in [3.63, 3.8) is 0 Å². The van der Waals surface area contributed by atoms with Crippen LogP contribution in [0.1, 0.15) is 0 Å². The maximum absolute atomic E-state index is 2.94. The van der Waals surface area contributed by atoms with Gasteiger partial charge in [-0.05, 0) is 39.3 Å². The second-order valence-corrected chi connectivity index (χ2v) is 28.5. The minimum Gasteiger partial charge on any atom is -0.353 e. The van der Waals surface area contributed by atoms with Crippen molar-refractivity contribution >= 4 is 56.4 Å². The first-order valence-electron chi connectivity index (χ1n) is 5.68. The molecule has 0 amide bonds. The smallest absolute Gasteiger partial charge is 0.174 e. The van der Waals surface area contributed by atoms with E-state index in [1.807, 2.05) is 0 Å². The van der Waals surface area contributed by atoms with Gasteiger partial charge in [-0.2, -0.15) is 0 Å². The van der Waals surface area contributed by atoms with E-state index in [0.29, 0.717) is 0 Å². The molecule has 1 rings (SSSR count). The largest absolute Gasteiger partial charge is 0.353 e. The SMILES string of the molecule is C[Si]1(C)N([SiH3])[Si](C)(C)N([SiH3])[Si](C)(C)N1[SiH3]. The van der Waals surface area contributed by atoms with Gasteiger partial charge in [0.05, 0.1) is 31.2 Å². The maximum atomic E-state index is 2.94. The van der Waals surface area contributed by atoms with Crippen LogP contribution in [0.15, 0.2) is 0 Å². The van der Waals surface area contributed by atoms with Crippen molar-refractivity contribution in [1.82, 2.24) is 11.7 Å². The third kappa shape index (κ3) is 1.91. The van der Waals surface area contributed by atoms with E-state index in [4.69, 9.17) is 0 Å². The Morgan fingerprint density at radius 2 is 0.667 bits per heavy atom. The summed E-state index contributed by atoms with van der Waals surface area (Å²) in [5.41, 5.74) is 0. The summed E-state index contributed by atoms with van der Waals surface area (Å²) in [6.07, 6.45) is 0. The van der Waals surface area contributed by atoms with Gasteiger partial charge in [-0.3, -0.25) is 0 Å². The highest BCUT2D eigenvalue weighted by atomic mass is 28.5. The van der Waals surface area contributed by atoms with E-state index in [9.17, 15) is 0 Å². The van der Waals surface area contributed by atoms with E-state index < -0.39 is 25.2 Å². The summed E-state index contributed by atoms with van der Waals surface area (Å²) < 4.78 is 8.83. The van der Waals surface area contributed by atoms with Gasteiger partial charge in [0, 0.05) is 0 Å². The van der Waals surface area contributed by atoms with Gasteiger partial charge in [-0.25, -0.2) is 0 Å². The number of nitrogens with zero attached hydrogens (tertiary/aromatic N) is 3. The summed E-state index contributed by atoms with van der Waals surface area (Å²) in [5.74, 6) is 0. The summed E-state index contributed by atoms with van der Waals surface area (Å²) in [6, 6.07) is 0. The van der Waals surface area contributed by atoms with Gasteiger partial charge in [-0.1, -0.05) is 0 Å². The molecule has 1 fully saturated rings. The molecular formula is C6H27N3Si6. The first-order chi connectivity index (χ1) is 6.46. The highest BCUT2D eigenvalue weighted by molar-refractivity contribution is 7.10. The van der Waals surface area contributed by atoms with E-state index in [1.165, 1.54) is 31.2 Å². The Balaban J connectivity index is 3.24. The fourth-order valence-corrected chi connectivity index (χ4v) is 36.3. The van der Waals surface area contributed by atoms with E-state index in [-0.39, 0.29) is 0 Å². The summed E-state index contributed by atoms with van der Waals surface area (Å²) in [4.78, 5) is 0. The predicted molar refractivity (Wildman–Crippen MR) is 87.8 cm³/mol. The second-order valence-electron chi connectivity index (χ2n) is 6.16. The van der Waals surface area contributed by atoms with E-state index in [1.54, 1.807) is 0 Å². The van der Waals surface area contributed by atoms with Gasteiger partial charge in [0.15, 0.2) is 25.2 Å². The zero-order valence-corrected chi connectivity index (χ0v) is 20.8. The molecular weight excluding hydrogens is 283 g/mol. The third-order valence-corrected chi connectivity index (χ3v) is 44.3. The van der Waals surface area contributed by atoms with Crippen molar-refractivity contribution in [1.29, 1.82) is 0 Å². The molecule has 90 valence electrons. The molecule has 9 heteroatoms. The van der Waals surface area contributed by atoms with Crippen LogP contribution in [0, 0.1) is 0 Å². The van der Waals surface area contributed by atoms with Crippen LogP contribution in [0.3, 0.4) is 0 Å². The minimum atomic E-state index is -1.22. The molecule has 1 heterocycles. The Morgan fingerprint density at radius 1 is 0.533 bits per heavy atom. The lowest BCUT2D eigenvalue weighted by Gasteiger charge is -2.66. The molecule has 1 aliphatic heterocycles. The standard InChI is InChI=1S/C6H27N3Si6/c1-13(2)7(10)14(3,4)9(12)15(5,6)8(13)11/h1-6,10-12H3. The molecule has 0 bridgehead atoms. The van der Waals surface area contributed by atoms with Crippen molar-refractivity contribution < 1.29 is 0 Å². The van der Waals surface area contributed by atoms with Crippen LogP contribution < -0.4 is 0 Å². The predicted octanol–water partition coefficient (Wildman–Crippen LogP) is -2.15. The van der Waals surface area contributed by atoms with Crippen LogP contribution >= 0.6 is 0 Å². The van der Waals surface area contributed by atoms with Gasteiger partial charge >= 0.3 is 0 Å². The maximum Gasteiger partial charge on any atom is 0.174 e. The monoisotopic (exact) mass is 309 g/mol. The van der Waals surface area contributed by atoms with Crippen LogP contribution in [0.4, 0.5) is 0 Å². The third-order valence-electron chi connectivity index (χ3n) is 4.92. The van der Waals surface area contributed by atoms with Crippen molar-refractivity contribution in [2.45, 2.75) is 39.3 Å². The van der Waals surface area contributed by atoms with Crippen LogP contribution in [-0.4, -0.2) is 68.1 Å². The number of rotatable bonds is 0. The molecule has 0 N–H and O–H groups in total. The van der Waals surface area contributed by atoms with E-state index in [0.717, 1.165) is 0 Å². The van der Waals surface area contributed by atoms with Gasteiger partial charge < -0.3 is 11.7 Å². The molecule has 0 saturated carbocycles. The average Bonchev–Trinajstić information content (AvgIpc) is 2.12. The Hall–Kier alpha value is 1.18. The second kappa shape index (κ2) is 3.84.